The molecule has 100 valence electrons. The Balaban J connectivity index is 0.000000366. The van der Waals surface area contributed by atoms with Crippen molar-refractivity contribution in [3.8, 4) is 0 Å². The molecule has 0 spiro atoms. The van der Waals surface area contributed by atoms with Crippen molar-refractivity contribution in [2.45, 2.75) is 52.4 Å². The molecule has 6 nitrogen and oxygen atoms in total. The lowest BCUT2D eigenvalue weighted by Crippen LogP contribution is -2.12. The summed E-state index contributed by atoms with van der Waals surface area (Å²) in [7, 11) is -4.42. The molecular formula is C10H18O6S. The fraction of sp³-hybridized carbons (Fsp3) is 0.800. The summed E-state index contributed by atoms with van der Waals surface area (Å²) >= 11 is 0. The number of carbonyl (C=O) groups excluding carboxylic acids is 2. The van der Waals surface area contributed by atoms with E-state index in [1.54, 1.807) is 0 Å². The van der Waals surface area contributed by atoms with E-state index in [-0.39, 0.29) is 12.8 Å². The maximum absolute atomic E-state index is 10.4. The van der Waals surface area contributed by atoms with Crippen LogP contribution in [0.1, 0.15) is 52.4 Å². The van der Waals surface area contributed by atoms with Crippen LogP contribution in [0.25, 0.3) is 0 Å². The molecule has 0 saturated carbocycles. The van der Waals surface area contributed by atoms with E-state index < -0.39 is 22.3 Å². The fourth-order valence-electron chi connectivity index (χ4n) is 1.03. The van der Waals surface area contributed by atoms with Gasteiger partial charge >= 0.3 is 22.3 Å². The summed E-state index contributed by atoms with van der Waals surface area (Å²) in [5, 5.41) is 0. The molecule has 0 unspecified atom stereocenters. The van der Waals surface area contributed by atoms with E-state index in [9.17, 15) is 18.0 Å². The maximum Gasteiger partial charge on any atom is 0.506 e. The van der Waals surface area contributed by atoms with Crippen molar-refractivity contribution in [3.63, 3.8) is 0 Å². The van der Waals surface area contributed by atoms with E-state index >= 15 is 0 Å². The first kappa shape index (κ1) is 15.9. The van der Waals surface area contributed by atoms with Gasteiger partial charge in [-0.05, 0) is 0 Å². The third-order valence-electron chi connectivity index (χ3n) is 1.88. The van der Waals surface area contributed by atoms with Gasteiger partial charge in [0.25, 0.3) is 0 Å². The molecule has 1 rings (SSSR count). The summed E-state index contributed by atoms with van der Waals surface area (Å²) in [6, 6.07) is 0. The molecule has 1 heterocycles. The van der Waals surface area contributed by atoms with Crippen LogP contribution < -0.4 is 0 Å². The molecule has 0 bridgehead atoms. The van der Waals surface area contributed by atoms with Crippen LogP contribution in [0.3, 0.4) is 0 Å². The van der Waals surface area contributed by atoms with Gasteiger partial charge in [0.05, 0.1) is 12.8 Å². The van der Waals surface area contributed by atoms with Crippen LogP contribution in [0.4, 0.5) is 0 Å². The normalized spacial score (nSPS) is 18.2. The third kappa shape index (κ3) is 8.67. The van der Waals surface area contributed by atoms with Crippen LogP contribution in [0.2, 0.25) is 0 Å². The Morgan fingerprint density at radius 3 is 1.59 bits per heavy atom. The highest BCUT2D eigenvalue weighted by Crippen LogP contribution is 2.08. The van der Waals surface area contributed by atoms with Gasteiger partial charge in [-0.15, -0.1) is 8.42 Å². The lowest BCUT2D eigenvalue weighted by atomic mass is 10.2. The zero-order chi connectivity index (χ0) is 13.3. The molecule has 17 heavy (non-hydrogen) atoms. The molecule has 1 fully saturated rings. The Kier molecular flexibility index (Phi) is 7.53. The van der Waals surface area contributed by atoms with E-state index in [0.29, 0.717) is 0 Å². The lowest BCUT2D eigenvalue weighted by molar-refractivity contribution is -0.135. The molecule has 0 aromatic carbocycles. The minimum Gasteiger partial charge on any atom is -0.316 e. The lowest BCUT2D eigenvalue weighted by Gasteiger charge is -1.96. The van der Waals surface area contributed by atoms with Crippen LogP contribution >= 0.6 is 0 Å². The largest absolute Gasteiger partial charge is 0.506 e. The van der Waals surface area contributed by atoms with Gasteiger partial charge in [-0.1, -0.05) is 39.5 Å². The van der Waals surface area contributed by atoms with Gasteiger partial charge in [-0.25, -0.2) is 0 Å². The van der Waals surface area contributed by atoms with Crippen LogP contribution in [0, 0.1) is 0 Å². The Bertz CT molecular complexity index is 318. The molecule has 0 N–H and O–H groups in total. The molecule has 0 atom stereocenters. The first-order valence-electron chi connectivity index (χ1n) is 5.60. The average Bonchev–Trinajstić information content (AvgIpc) is 2.34. The van der Waals surface area contributed by atoms with Gasteiger partial charge < -0.3 is 8.37 Å². The summed E-state index contributed by atoms with van der Waals surface area (Å²) in [5.74, 6) is -1.95. The zero-order valence-electron chi connectivity index (χ0n) is 10.1. The van der Waals surface area contributed by atoms with Crippen molar-refractivity contribution in [1.82, 2.24) is 0 Å². The number of unbranched alkanes of at least 4 members (excludes halogenated alkanes) is 3. The third-order valence-corrected chi connectivity index (χ3v) is 2.66. The Morgan fingerprint density at radius 1 is 0.941 bits per heavy atom. The molecule has 0 aromatic rings. The van der Waals surface area contributed by atoms with E-state index in [1.165, 1.54) is 25.7 Å². The number of carbonyl (C=O) groups is 2. The maximum atomic E-state index is 10.4. The topological polar surface area (TPSA) is 86.7 Å². The molecule has 0 aliphatic carbocycles. The van der Waals surface area contributed by atoms with Gasteiger partial charge in [0.15, 0.2) is 0 Å². The zero-order valence-corrected chi connectivity index (χ0v) is 10.9. The summed E-state index contributed by atoms with van der Waals surface area (Å²) in [6.07, 6.45) is 5.00. The smallest absolute Gasteiger partial charge is 0.316 e. The first-order valence-corrected chi connectivity index (χ1v) is 6.94. The Hall–Kier alpha value is -1.11. The predicted octanol–water partition coefficient (Wildman–Crippen LogP) is 1.70. The highest BCUT2D eigenvalue weighted by molar-refractivity contribution is 7.82. The number of hydrogen-bond acceptors (Lipinski definition) is 6. The van der Waals surface area contributed by atoms with Crippen molar-refractivity contribution in [1.29, 1.82) is 0 Å². The highest BCUT2D eigenvalue weighted by Gasteiger charge is 2.27. The van der Waals surface area contributed by atoms with Crippen molar-refractivity contribution in [2.75, 3.05) is 0 Å². The van der Waals surface area contributed by atoms with Gasteiger partial charge in [0, 0.05) is 0 Å². The van der Waals surface area contributed by atoms with Crippen molar-refractivity contribution in [3.05, 3.63) is 0 Å². The van der Waals surface area contributed by atoms with Crippen molar-refractivity contribution in [2.24, 2.45) is 0 Å². The molecule has 1 aliphatic heterocycles. The molecule has 0 aromatic heterocycles. The van der Waals surface area contributed by atoms with Gasteiger partial charge in [0.2, 0.25) is 0 Å². The van der Waals surface area contributed by atoms with Crippen LogP contribution in [0.15, 0.2) is 0 Å². The van der Waals surface area contributed by atoms with Crippen LogP contribution in [-0.4, -0.2) is 20.4 Å². The van der Waals surface area contributed by atoms with Crippen LogP contribution in [0.5, 0.6) is 0 Å². The average molecular weight is 266 g/mol. The summed E-state index contributed by atoms with van der Waals surface area (Å²) in [5.41, 5.74) is 0. The fourth-order valence-corrected chi connectivity index (χ4v) is 1.69. The minimum atomic E-state index is -4.42. The molecule has 1 saturated heterocycles. The van der Waals surface area contributed by atoms with Crippen molar-refractivity contribution >= 4 is 22.3 Å². The molecule has 1 aliphatic rings. The predicted molar refractivity (Wildman–Crippen MR) is 60.2 cm³/mol. The van der Waals surface area contributed by atoms with Gasteiger partial charge in [0.1, 0.15) is 0 Å². The highest BCUT2D eigenvalue weighted by atomic mass is 32.3. The first-order chi connectivity index (χ1) is 7.91. The van der Waals surface area contributed by atoms with E-state index in [0.717, 1.165) is 0 Å². The van der Waals surface area contributed by atoms with Gasteiger partial charge in [-0.2, -0.15) is 0 Å². The SMILES string of the molecule is CCCCCC.O=C1CCC(=O)OS(=O)(=O)O1. The molecular weight excluding hydrogens is 248 g/mol. The van der Waals surface area contributed by atoms with Crippen LogP contribution in [-0.2, 0) is 28.4 Å². The second-order valence-corrected chi connectivity index (χ2v) is 4.68. The molecule has 7 heteroatoms. The van der Waals surface area contributed by atoms with E-state index in [2.05, 4.69) is 22.2 Å². The van der Waals surface area contributed by atoms with Crippen molar-refractivity contribution < 1.29 is 26.4 Å². The molecule has 0 radical (unpaired) electrons. The number of rotatable bonds is 3. The summed E-state index contributed by atoms with van der Waals surface area (Å²) in [6.45, 7) is 4.46. The second-order valence-electron chi connectivity index (χ2n) is 3.53. The van der Waals surface area contributed by atoms with Gasteiger partial charge in [-0.3, -0.25) is 9.59 Å². The minimum absolute atomic E-state index is 0.266. The quantitative estimate of drug-likeness (QED) is 0.722. The Labute approximate surface area is 102 Å². The monoisotopic (exact) mass is 266 g/mol. The summed E-state index contributed by atoms with van der Waals surface area (Å²) in [4.78, 5) is 20.8. The van der Waals surface area contributed by atoms with E-state index in [1.807, 2.05) is 0 Å². The standard InChI is InChI=1S/C6H14.C4H4O6S/c1-3-5-6-4-2;5-3-1-2-4(6)10-11(7,8)9-3/h3-6H2,1-2H3;1-2H2. The summed E-state index contributed by atoms with van der Waals surface area (Å²) < 4.78 is 28.3. The number of hydrogen-bond donors (Lipinski definition) is 0. The van der Waals surface area contributed by atoms with E-state index in [4.69, 9.17) is 0 Å². The Morgan fingerprint density at radius 2 is 1.29 bits per heavy atom. The molecule has 0 amide bonds. The second kappa shape index (κ2) is 8.05.